The minimum Gasteiger partial charge on any atom is -0.347 e. The summed E-state index contributed by atoms with van der Waals surface area (Å²) in [5.74, 6) is -0.421. The lowest BCUT2D eigenvalue weighted by atomic mass is 9.96. The van der Waals surface area contributed by atoms with Crippen molar-refractivity contribution in [3.63, 3.8) is 0 Å². The van der Waals surface area contributed by atoms with E-state index in [-0.39, 0.29) is 29.8 Å². The highest BCUT2D eigenvalue weighted by Gasteiger charge is 2.27. The van der Waals surface area contributed by atoms with E-state index in [9.17, 15) is 9.59 Å². The van der Waals surface area contributed by atoms with Crippen molar-refractivity contribution in [2.24, 2.45) is 5.73 Å². The van der Waals surface area contributed by atoms with E-state index in [2.05, 4.69) is 10.6 Å². The van der Waals surface area contributed by atoms with Crippen LogP contribution in [0.1, 0.15) is 57.8 Å². The van der Waals surface area contributed by atoms with Crippen molar-refractivity contribution in [2.45, 2.75) is 58.5 Å². The monoisotopic (exact) mass is 341 g/mol. The second kappa shape index (κ2) is 8.31. The highest BCUT2D eigenvalue weighted by Crippen LogP contribution is 2.16. The fourth-order valence-electron chi connectivity index (χ4n) is 2.06. The predicted octanol–water partition coefficient (Wildman–Crippen LogP) is 3.09. The van der Waals surface area contributed by atoms with Gasteiger partial charge in [-0.1, -0.05) is 19.4 Å². The second-order valence-corrected chi connectivity index (χ2v) is 6.91. The Morgan fingerprint density at radius 3 is 2.30 bits per heavy atom. The summed E-state index contributed by atoms with van der Waals surface area (Å²) in [6, 6.07) is 6.85. The summed E-state index contributed by atoms with van der Waals surface area (Å²) in [5, 5.41) is 5.67. The lowest BCUT2D eigenvalue weighted by molar-refractivity contribution is -0.120. The highest BCUT2D eigenvalue weighted by atomic mass is 35.5. The number of halogens is 1. The summed E-state index contributed by atoms with van der Waals surface area (Å²) in [7, 11) is 0. The highest BCUT2D eigenvalue weighted by molar-refractivity contribution is 6.00. The van der Waals surface area contributed by atoms with Crippen LogP contribution in [-0.2, 0) is 4.79 Å². The van der Waals surface area contributed by atoms with E-state index >= 15 is 0 Å². The molecule has 1 unspecified atom stereocenters. The van der Waals surface area contributed by atoms with Gasteiger partial charge < -0.3 is 16.4 Å². The Morgan fingerprint density at radius 2 is 1.78 bits per heavy atom. The minimum absolute atomic E-state index is 0. The Morgan fingerprint density at radius 1 is 1.17 bits per heavy atom. The van der Waals surface area contributed by atoms with Crippen LogP contribution in [0.2, 0.25) is 0 Å². The molecule has 130 valence electrons. The fourth-order valence-corrected chi connectivity index (χ4v) is 2.06. The molecule has 6 heteroatoms. The quantitative estimate of drug-likeness (QED) is 0.769. The summed E-state index contributed by atoms with van der Waals surface area (Å²) in [4.78, 5) is 24.3. The van der Waals surface area contributed by atoms with Crippen LogP contribution in [0.15, 0.2) is 24.3 Å². The van der Waals surface area contributed by atoms with Gasteiger partial charge in [-0.15, -0.1) is 12.4 Å². The molecule has 0 aliphatic heterocycles. The van der Waals surface area contributed by atoms with Gasteiger partial charge in [0, 0.05) is 16.8 Å². The number of rotatable bonds is 5. The number of anilines is 1. The summed E-state index contributed by atoms with van der Waals surface area (Å²) < 4.78 is 0. The van der Waals surface area contributed by atoms with Crippen molar-refractivity contribution in [1.82, 2.24) is 5.32 Å². The normalized spacial score (nSPS) is 13.5. The van der Waals surface area contributed by atoms with E-state index in [4.69, 9.17) is 5.73 Å². The van der Waals surface area contributed by atoms with Crippen molar-refractivity contribution < 1.29 is 9.59 Å². The van der Waals surface area contributed by atoms with Gasteiger partial charge in [0.2, 0.25) is 5.91 Å². The molecule has 0 aliphatic rings. The molecule has 0 aromatic heterocycles. The second-order valence-electron chi connectivity index (χ2n) is 6.91. The molecule has 0 spiro atoms. The first-order valence-electron chi connectivity index (χ1n) is 7.58. The van der Waals surface area contributed by atoms with Gasteiger partial charge in [-0.2, -0.15) is 0 Å². The summed E-state index contributed by atoms with van der Waals surface area (Å²) in [6.07, 6.45) is 1.43. The third kappa shape index (κ3) is 7.01. The fraction of sp³-hybridized carbons (Fsp3) is 0.529. The maximum atomic E-state index is 12.2. The predicted molar refractivity (Wildman–Crippen MR) is 97.0 cm³/mol. The number of benzene rings is 1. The van der Waals surface area contributed by atoms with Gasteiger partial charge in [0.25, 0.3) is 5.91 Å². The molecule has 4 N–H and O–H groups in total. The van der Waals surface area contributed by atoms with Crippen LogP contribution in [0.5, 0.6) is 0 Å². The van der Waals surface area contributed by atoms with Gasteiger partial charge in [-0.3, -0.25) is 9.59 Å². The van der Waals surface area contributed by atoms with Crippen molar-refractivity contribution in [1.29, 1.82) is 0 Å². The van der Waals surface area contributed by atoms with Crippen LogP contribution in [0.3, 0.4) is 0 Å². The average molecular weight is 342 g/mol. The Hall–Kier alpha value is -1.59. The average Bonchev–Trinajstić information content (AvgIpc) is 2.37. The number of hydrogen-bond acceptors (Lipinski definition) is 3. The Balaban J connectivity index is 0.00000484. The van der Waals surface area contributed by atoms with Crippen LogP contribution in [0.4, 0.5) is 5.69 Å². The van der Waals surface area contributed by atoms with E-state index < -0.39 is 5.54 Å². The summed E-state index contributed by atoms with van der Waals surface area (Å²) >= 11 is 0. The third-order valence-electron chi connectivity index (χ3n) is 3.16. The molecule has 0 bridgehead atoms. The molecular formula is C17H28ClN3O2. The third-order valence-corrected chi connectivity index (χ3v) is 3.16. The molecular weight excluding hydrogens is 314 g/mol. The molecule has 0 radical (unpaired) electrons. The van der Waals surface area contributed by atoms with Crippen LogP contribution >= 0.6 is 12.4 Å². The zero-order chi connectivity index (χ0) is 17.0. The number of nitrogens with two attached hydrogens (primary N) is 1. The standard InChI is InChI=1S/C17H27N3O2.ClH/c1-6-10-17(5,18)15(22)19-13-9-7-8-12(11-13)14(21)20-16(2,3)4;/h7-9,11H,6,10,18H2,1-5H3,(H,19,22)(H,20,21);1H. The van der Waals surface area contributed by atoms with Gasteiger partial charge in [0.15, 0.2) is 0 Å². The molecule has 2 amide bonds. The van der Waals surface area contributed by atoms with E-state index in [1.54, 1.807) is 31.2 Å². The molecule has 1 aromatic carbocycles. The van der Waals surface area contributed by atoms with E-state index in [0.717, 1.165) is 6.42 Å². The number of nitrogens with one attached hydrogen (secondary N) is 2. The topological polar surface area (TPSA) is 84.2 Å². The molecule has 1 atom stereocenters. The van der Waals surface area contributed by atoms with Crippen LogP contribution in [0.25, 0.3) is 0 Å². The number of carbonyl (C=O) groups is 2. The first-order chi connectivity index (χ1) is 10.0. The molecule has 0 saturated heterocycles. The zero-order valence-electron chi connectivity index (χ0n) is 14.5. The maximum Gasteiger partial charge on any atom is 0.251 e. The van der Waals surface area contributed by atoms with Gasteiger partial charge in [-0.05, 0) is 52.3 Å². The first kappa shape index (κ1) is 21.4. The Labute approximate surface area is 144 Å². The number of amides is 2. The van der Waals surface area contributed by atoms with Crippen LogP contribution in [0, 0.1) is 0 Å². The molecule has 0 heterocycles. The molecule has 1 rings (SSSR count). The number of hydrogen-bond donors (Lipinski definition) is 3. The van der Waals surface area contributed by atoms with Crippen molar-refractivity contribution >= 4 is 29.9 Å². The van der Waals surface area contributed by atoms with Crippen LogP contribution in [-0.4, -0.2) is 22.9 Å². The Bertz CT molecular complexity index is 551. The first-order valence-corrected chi connectivity index (χ1v) is 7.58. The van der Waals surface area contributed by atoms with Crippen molar-refractivity contribution in [3.05, 3.63) is 29.8 Å². The molecule has 0 saturated carbocycles. The minimum atomic E-state index is -0.918. The lowest BCUT2D eigenvalue weighted by Crippen LogP contribution is -2.48. The zero-order valence-corrected chi connectivity index (χ0v) is 15.3. The van der Waals surface area contributed by atoms with Crippen LogP contribution < -0.4 is 16.4 Å². The summed E-state index contributed by atoms with van der Waals surface area (Å²) in [5.41, 5.74) is 5.85. The maximum absolute atomic E-state index is 12.2. The molecule has 0 fully saturated rings. The van der Waals surface area contributed by atoms with Gasteiger partial charge in [0.05, 0.1) is 5.54 Å². The van der Waals surface area contributed by atoms with Gasteiger partial charge in [-0.25, -0.2) is 0 Å². The molecule has 0 aliphatic carbocycles. The van der Waals surface area contributed by atoms with Gasteiger partial charge in [0.1, 0.15) is 0 Å². The largest absolute Gasteiger partial charge is 0.347 e. The molecule has 23 heavy (non-hydrogen) atoms. The SMILES string of the molecule is CCCC(C)(N)C(=O)Nc1cccc(C(=O)NC(C)(C)C)c1.Cl. The molecule has 5 nitrogen and oxygen atoms in total. The molecule has 1 aromatic rings. The van der Waals surface area contributed by atoms with E-state index in [1.807, 2.05) is 27.7 Å². The van der Waals surface area contributed by atoms with E-state index in [0.29, 0.717) is 17.7 Å². The van der Waals surface area contributed by atoms with Crippen molar-refractivity contribution in [3.8, 4) is 0 Å². The van der Waals surface area contributed by atoms with Crippen molar-refractivity contribution in [2.75, 3.05) is 5.32 Å². The summed E-state index contributed by atoms with van der Waals surface area (Å²) in [6.45, 7) is 9.45. The smallest absolute Gasteiger partial charge is 0.251 e. The van der Waals surface area contributed by atoms with Gasteiger partial charge >= 0.3 is 0 Å². The van der Waals surface area contributed by atoms with E-state index in [1.165, 1.54) is 0 Å². The Kier molecular flexibility index (Phi) is 7.74. The number of carbonyl (C=O) groups excluding carboxylic acids is 2. The lowest BCUT2D eigenvalue weighted by Gasteiger charge is -2.23.